The van der Waals surface area contributed by atoms with E-state index in [1.807, 2.05) is 20.8 Å². The summed E-state index contributed by atoms with van der Waals surface area (Å²) in [6.07, 6.45) is 5.15. The van der Waals surface area contributed by atoms with Crippen molar-refractivity contribution in [3.05, 3.63) is 0 Å². The average Bonchev–Trinajstić information content (AvgIpc) is 3.25. The predicted molar refractivity (Wildman–Crippen MR) is 104 cm³/mol. The molecule has 0 radical (unpaired) electrons. The molecule has 0 aromatic carbocycles. The lowest BCUT2D eigenvalue weighted by molar-refractivity contribution is 0.213. The molecule has 0 unspecified atom stereocenters. The molecule has 1 heterocycles. The highest BCUT2D eigenvalue weighted by Gasteiger charge is 2.33. The van der Waals surface area contributed by atoms with E-state index in [0.717, 1.165) is 38.5 Å². The Hall–Kier alpha value is -0.850. The van der Waals surface area contributed by atoms with Gasteiger partial charge in [-0.05, 0) is 58.5 Å². The van der Waals surface area contributed by atoms with Gasteiger partial charge in [0.15, 0.2) is 0 Å². The van der Waals surface area contributed by atoms with Crippen LogP contribution >= 0.6 is 0 Å². The van der Waals surface area contributed by atoms with Crippen LogP contribution in [0.2, 0.25) is 0 Å². The minimum atomic E-state index is -0.208. The lowest BCUT2D eigenvalue weighted by Gasteiger charge is -2.27. The summed E-state index contributed by atoms with van der Waals surface area (Å²) in [7, 11) is 0. The van der Waals surface area contributed by atoms with Crippen molar-refractivity contribution in [2.75, 3.05) is 32.7 Å². The van der Waals surface area contributed by atoms with Gasteiger partial charge in [0.05, 0.1) is 0 Å². The van der Waals surface area contributed by atoms with Crippen molar-refractivity contribution in [3.8, 4) is 0 Å². The van der Waals surface area contributed by atoms with Crippen LogP contribution in [0, 0.1) is 11.8 Å². The molecule has 0 bridgehead atoms. The molecule has 1 saturated carbocycles. The molecule has 0 aromatic rings. The van der Waals surface area contributed by atoms with Crippen molar-refractivity contribution in [2.24, 2.45) is 17.6 Å². The van der Waals surface area contributed by atoms with E-state index in [-0.39, 0.29) is 17.6 Å². The molecule has 2 fully saturated rings. The highest BCUT2D eigenvalue weighted by molar-refractivity contribution is 5.75. The lowest BCUT2D eigenvalue weighted by Crippen LogP contribution is -2.50. The van der Waals surface area contributed by atoms with Gasteiger partial charge in [-0.15, -0.1) is 0 Å². The van der Waals surface area contributed by atoms with Crippen LogP contribution in [0.25, 0.3) is 0 Å². The number of likely N-dealkylation sites (tertiary alicyclic amines) is 1. The molecule has 2 aliphatic rings. The third-order valence-electron chi connectivity index (χ3n) is 5.11. The standard InChI is InChI=1S/C19H39N5O/c1-14(10-20)12-24-13-16(22-18(25)23-19(2,3)4)9-17(24)11-21-8-7-15-5-6-15/h14-17,21H,5-13,20H2,1-4H3,(H2,22,23,25)/t14-,16+,17-/m0/s1. The largest absolute Gasteiger partial charge is 0.334 e. The Morgan fingerprint density at radius 1 is 1.32 bits per heavy atom. The summed E-state index contributed by atoms with van der Waals surface area (Å²) in [5, 5.41) is 9.78. The van der Waals surface area contributed by atoms with Gasteiger partial charge in [-0.3, -0.25) is 4.90 Å². The van der Waals surface area contributed by atoms with E-state index in [9.17, 15) is 4.79 Å². The summed E-state index contributed by atoms with van der Waals surface area (Å²) in [5.74, 6) is 1.45. The van der Waals surface area contributed by atoms with Crippen molar-refractivity contribution in [1.29, 1.82) is 0 Å². The van der Waals surface area contributed by atoms with Crippen molar-refractivity contribution in [2.45, 2.75) is 71.0 Å². The number of hydrogen-bond donors (Lipinski definition) is 4. The fourth-order valence-corrected chi connectivity index (χ4v) is 3.54. The minimum absolute atomic E-state index is 0.0633. The molecule has 2 amide bonds. The van der Waals surface area contributed by atoms with Gasteiger partial charge >= 0.3 is 6.03 Å². The first-order valence-electron chi connectivity index (χ1n) is 10.0. The molecule has 6 nitrogen and oxygen atoms in total. The average molecular weight is 354 g/mol. The Bertz CT molecular complexity index is 419. The zero-order chi connectivity index (χ0) is 18.4. The third kappa shape index (κ3) is 7.92. The van der Waals surface area contributed by atoms with Crippen LogP contribution in [-0.2, 0) is 0 Å². The predicted octanol–water partition coefficient (Wildman–Crippen LogP) is 1.51. The van der Waals surface area contributed by atoms with E-state index in [0.29, 0.717) is 18.5 Å². The molecule has 0 aromatic heterocycles. The van der Waals surface area contributed by atoms with E-state index >= 15 is 0 Å². The molecular weight excluding hydrogens is 314 g/mol. The van der Waals surface area contributed by atoms with Crippen molar-refractivity contribution in [3.63, 3.8) is 0 Å². The normalized spacial score (nSPS) is 25.8. The number of urea groups is 1. The fourth-order valence-electron chi connectivity index (χ4n) is 3.54. The molecule has 25 heavy (non-hydrogen) atoms. The molecule has 1 saturated heterocycles. The van der Waals surface area contributed by atoms with E-state index in [1.165, 1.54) is 19.3 Å². The van der Waals surface area contributed by atoms with Gasteiger partial charge in [0.25, 0.3) is 0 Å². The Kier molecular flexibility index (Phi) is 7.52. The number of amides is 2. The van der Waals surface area contributed by atoms with Crippen LogP contribution in [-0.4, -0.2) is 61.3 Å². The number of carbonyl (C=O) groups is 1. The molecule has 1 aliphatic heterocycles. The van der Waals surface area contributed by atoms with Crippen molar-refractivity contribution in [1.82, 2.24) is 20.9 Å². The Labute approximate surface area is 153 Å². The summed E-state index contributed by atoms with van der Waals surface area (Å²) in [5.41, 5.74) is 5.61. The Morgan fingerprint density at radius 2 is 2.04 bits per heavy atom. The first kappa shape index (κ1) is 20.5. The van der Waals surface area contributed by atoms with Gasteiger partial charge in [0, 0.05) is 37.3 Å². The maximum Gasteiger partial charge on any atom is 0.315 e. The second kappa shape index (κ2) is 9.19. The first-order valence-corrected chi connectivity index (χ1v) is 10.0. The van der Waals surface area contributed by atoms with Gasteiger partial charge in [-0.2, -0.15) is 0 Å². The number of nitrogens with two attached hydrogens (primary N) is 1. The van der Waals surface area contributed by atoms with E-state index in [1.54, 1.807) is 0 Å². The van der Waals surface area contributed by atoms with Gasteiger partial charge in [0.1, 0.15) is 0 Å². The minimum Gasteiger partial charge on any atom is -0.334 e. The number of rotatable bonds is 9. The summed E-state index contributed by atoms with van der Waals surface area (Å²) in [6, 6.07) is 0.627. The smallest absolute Gasteiger partial charge is 0.315 e. The fraction of sp³-hybridized carbons (Fsp3) is 0.947. The quantitative estimate of drug-likeness (QED) is 0.474. The van der Waals surface area contributed by atoms with Crippen LogP contribution in [0.3, 0.4) is 0 Å². The monoisotopic (exact) mass is 353 g/mol. The summed E-state index contributed by atoms with van der Waals surface area (Å²) in [6.45, 7) is 13.0. The molecule has 6 heteroatoms. The van der Waals surface area contributed by atoms with E-state index in [4.69, 9.17) is 5.73 Å². The number of carbonyl (C=O) groups excluding carboxylic acids is 1. The maximum absolute atomic E-state index is 12.2. The summed E-state index contributed by atoms with van der Waals surface area (Å²) in [4.78, 5) is 14.7. The van der Waals surface area contributed by atoms with Crippen molar-refractivity contribution < 1.29 is 4.79 Å². The first-order chi connectivity index (χ1) is 11.8. The van der Waals surface area contributed by atoms with E-state index < -0.39 is 0 Å². The van der Waals surface area contributed by atoms with E-state index in [2.05, 4.69) is 27.8 Å². The SMILES string of the molecule is C[C@@H](CN)CN1C[C@H](NC(=O)NC(C)(C)C)C[C@H]1CNCCC1CC1. The topological polar surface area (TPSA) is 82.4 Å². The molecule has 5 N–H and O–H groups in total. The summed E-state index contributed by atoms with van der Waals surface area (Å²) < 4.78 is 0. The van der Waals surface area contributed by atoms with Crippen LogP contribution in [0.4, 0.5) is 4.79 Å². The highest BCUT2D eigenvalue weighted by atomic mass is 16.2. The van der Waals surface area contributed by atoms with Gasteiger partial charge in [0.2, 0.25) is 0 Å². The number of nitrogens with zero attached hydrogens (tertiary/aromatic N) is 1. The zero-order valence-corrected chi connectivity index (χ0v) is 16.6. The van der Waals surface area contributed by atoms with Crippen LogP contribution in [0.15, 0.2) is 0 Å². The van der Waals surface area contributed by atoms with Gasteiger partial charge < -0.3 is 21.7 Å². The lowest BCUT2D eigenvalue weighted by atomic mass is 10.1. The van der Waals surface area contributed by atoms with Crippen LogP contribution in [0.1, 0.15) is 53.4 Å². The Balaban J connectivity index is 1.80. The zero-order valence-electron chi connectivity index (χ0n) is 16.6. The number of hydrogen-bond acceptors (Lipinski definition) is 4. The third-order valence-corrected chi connectivity index (χ3v) is 5.11. The molecule has 2 rings (SSSR count). The van der Waals surface area contributed by atoms with Gasteiger partial charge in [-0.25, -0.2) is 4.79 Å². The second-order valence-electron chi connectivity index (χ2n) is 9.17. The molecular formula is C19H39N5O. The molecule has 146 valence electrons. The Morgan fingerprint density at radius 3 is 2.64 bits per heavy atom. The molecule has 3 atom stereocenters. The van der Waals surface area contributed by atoms with Gasteiger partial charge in [-0.1, -0.05) is 19.8 Å². The van der Waals surface area contributed by atoms with Crippen LogP contribution in [0.5, 0.6) is 0 Å². The molecule has 0 spiro atoms. The highest BCUT2D eigenvalue weighted by Crippen LogP contribution is 2.31. The van der Waals surface area contributed by atoms with Crippen LogP contribution < -0.4 is 21.7 Å². The number of nitrogens with one attached hydrogen (secondary N) is 3. The molecule has 1 aliphatic carbocycles. The summed E-state index contributed by atoms with van der Waals surface area (Å²) >= 11 is 0. The van der Waals surface area contributed by atoms with Crippen molar-refractivity contribution >= 4 is 6.03 Å². The second-order valence-corrected chi connectivity index (χ2v) is 9.17. The maximum atomic E-state index is 12.2.